The number of hydrogen-bond donors (Lipinski definition) is 4. The van der Waals surface area contributed by atoms with Crippen molar-refractivity contribution in [3.05, 3.63) is 35.4 Å². The molecule has 1 aromatic rings. The summed E-state index contributed by atoms with van der Waals surface area (Å²) in [6.45, 7) is 5.49. The van der Waals surface area contributed by atoms with E-state index in [9.17, 15) is 18.0 Å². The highest BCUT2D eigenvalue weighted by molar-refractivity contribution is 7.81. The molecule has 1 amide bonds. The summed E-state index contributed by atoms with van der Waals surface area (Å²) in [7, 11) is 0. The Bertz CT molecular complexity index is 626. The van der Waals surface area contributed by atoms with Gasteiger partial charge >= 0.3 is 6.18 Å². The van der Waals surface area contributed by atoms with Gasteiger partial charge in [-0.1, -0.05) is 38.5 Å². The number of hydrogen-bond acceptors (Lipinski definition) is 4. The third kappa shape index (κ3) is 6.69. The Morgan fingerprint density at radius 1 is 1.41 bits per heavy atom. The molecule has 4 atom stereocenters. The quantitative estimate of drug-likeness (QED) is 0.505. The van der Waals surface area contributed by atoms with E-state index in [1.807, 2.05) is 13.8 Å². The minimum atomic E-state index is -4.37. The lowest BCUT2D eigenvalue weighted by Crippen LogP contribution is -2.50. The maximum absolute atomic E-state index is 12.9. The highest BCUT2D eigenvalue weighted by Crippen LogP contribution is 2.29. The average Bonchev–Trinajstić information content (AvgIpc) is 3.04. The van der Waals surface area contributed by atoms with Crippen LogP contribution in [0.5, 0.6) is 0 Å². The summed E-state index contributed by atoms with van der Waals surface area (Å²) in [6, 6.07) is 4.93. The minimum Gasteiger partial charge on any atom is -0.353 e. The van der Waals surface area contributed by atoms with Crippen LogP contribution in [0.3, 0.4) is 0 Å². The lowest BCUT2D eigenvalue weighted by molar-refractivity contribution is -0.137. The number of nitrogens with one attached hydrogen (secondary N) is 3. The number of alkyl halides is 3. The van der Waals surface area contributed by atoms with Crippen LogP contribution >= 0.6 is 12.6 Å². The molecule has 0 saturated carbocycles. The largest absolute Gasteiger partial charge is 0.416 e. The van der Waals surface area contributed by atoms with Crippen LogP contribution in [0, 0.1) is 5.92 Å². The van der Waals surface area contributed by atoms with E-state index >= 15 is 0 Å². The summed E-state index contributed by atoms with van der Waals surface area (Å²) in [6.07, 6.45) is -2.69. The maximum atomic E-state index is 12.9. The summed E-state index contributed by atoms with van der Waals surface area (Å²) in [5.74, 6) is -0.0642. The molecule has 27 heavy (non-hydrogen) atoms. The second-order valence-corrected chi connectivity index (χ2v) is 7.91. The number of carbonyl (C=O) groups is 1. The molecule has 4 nitrogen and oxygen atoms in total. The zero-order chi connectivity index (χ0) is 20.0. The Kier molecular flexibility index (Phi) is 8.00. The third-order valence-electron chi connectivity index (χ3n) is 5.00. The monoisotopic (exact) mass is 403 g/mol. The maximum Gasteiger partial charge on any atom is 0.416 e. The predicted molar refractivity (Wildman–Crippen MR) is 104 cm³/mol. The van der Waals surface area contributed by atoms with E-state index in [0.717, 1.165) is 31.5 Å². The smallest absolute Gasteiger partial charge is 0.353 e. The van der Waals surface area contributed by atoms with E-state index in [4.69, 9.17) is 0 Å². The first-order valence-electron chi connectivity index (χ1n) is 9.29. The van der Waals surface area contributed by atoms with Gasteiger partial charge < -0.3 is 16.0 Å². The molecule has 0 aliphatic carbocycles. The molecule has 8 heteroatoms. The van der Waals surface area contributed by atoms with Crippen molar-refractivity contribution < 1.29 is 18.0 Å². The predicted octanol–water partition coefficient (Wildman–Crippen LogP) is 2.99. The molecule has 1 aromatic carbocycles. The fourth-order valence-electron chi connectivity index (χ4n) is 3.16. The van der Waals surface area contributed by atoms with Gasteiger partial charge in [0.25, 0.3) is 0 Å². The number of rotatable bonds is 8. The molecule has 1 fully saturated rings. The van der Waals surface area contributed by atoms with Gasteiger partial charge in [-0.25, -0.2) is 0 Å². The lowest BCUT2D eigenvalue weighted by atomic mass is 9.97. The Morgan fingerprint density at radius 3 is 2.74 bits per heavy atom. The number of carbonyl (C=O) groups excluding carboxylic acids is 1. The van der Waals surface area contributed by atoms with Crippen LogP contribution in [-0.4, -0.2) is 36.3 Å². The minimum absolute atomic E-state index is 0.0602. The first-order valence-corrected chi connectivity index (χ1v) is 9.81. The first kappa shape index (κ1) is 22.0. The molecule has 152 valence electrons. The van der Waals surface area contributed by atoms with Crippen molar-refractivity contribution >= 4 is 18.5 Å². The SMILES string of the molecule is CC[C@H](C)[C@H](NCc1cccc(C(F)(F)F)c1)C(=O)NCC1CC(S)CN1. The van der Waals surface area contributed by atoms with Gasteiger partial charge in [0.15, 0.2) is 0 Å². The molecule has 1 saturated heterocycles. The highest BCUT2D eigenvalue weighted by atomic mass is 32.1. The standard InChI is InChI=1S/C19H28F3N3OS/c1-3-12(2)17(18(26)25-10-15-8-16(27)11-23-15)24-9-13-5-4-6-14(7-13)19(20,21)22/h4-7,12,15-17,23-24,27H,3,8-11H2,1-2H3,(H,25,26)/t12-,15?,16?,17-/m0/s1. The van der Waals surface area contributed by atoms with Crippen LogP contribution in [0.25, 0.3) is 0 Å². The van der Waals surface area contributed by atoms with Crippen molar-refractivity contribution in [2.75, 3.05) is 13.1 Å². The average molecular weight is 404 g/mol. The number of halogens is 3. The van der Waals surface area contributed by atoms with Crippen molar-refractivity contribution in [2.24, 2.45) is 5.92 Å². The van der Waals surface area contributed by atoms with Crippen LogP contribution in [0.1, 0.15) is 37.8 Å². The second kappa shape index (κ2) is 9.80. The van der Waals surface area contributed by atoms with Gasteiger partial charge in [0.05, 0.1) is 11.6 Å². The molecule has 2 rings (SSSR count). The van der Waals surface area contributed by atoms with Crippen LogP contribution in [0.15, 0.2) is 24.3 Å². The van der Waals surface area contributed by atoms with Crippen LogP contribution in [0.4, 0.5) is 13.2 Å². The lowest BCUT2D eigenvalue weighted by Gasteiger charge is -2.24. The van der Waals surface area contributed by atoms with Gasteiger partial charge in [-0.2, -0.15) is 25.8 Å². The van der Waals surface area contributed by atoms with Gasteiger partial charge in [0.1, 0.15) is 0 Å². The van der Waals surface area contributed by atoms with Crippen molar-refractivity contribution in [1.29, 1.82) is 0 Å². The molecule has 2 unspecified atom stereocenters. The normalized spacial score (nSPS) is 22.4. The first-order chi connectivity index (χ1) is 12.7. The van der Waals surface area contributed by atoms with E-state index in [1.54, 1.807) is 6.07 Å². The van der Waals surface area contributed by atoms with Gasteiger partial charge in [-0.05, 0) is 24.0 Å². The molecular weight excluding hydrogens is 375 g/mol. The summed E-state index contributed by atoms with van der Waals surface area (Å²) in [5, 5.41) is 9.70. The van der Waals surface area contributed by atoms with E-state index < -0.39 is 17.8 Å². The highest BCUT2D eigenvalue weighted by Gasteiger charge is 2.31. The fraction of sp³-hybridized carbons (Fsp3) is 0.632. The third-order valence-corrected chi connectivity index (χ3v) is 5.39. The second-order valence-electron chi connectivity index (χ2n) is 7.18. The molecule has 0 radical (unpaired) electrons. The van der Waals surface area contributed by atoms with E-state index in [0.29, 0.717) is 17.4 Å². The van der Waals surface area contributed by atoms with E-state index in [2.05, 4.69) is 28.6 Å². The van der Waals surface area contributed by atoms with Gasteiger partial charge in [-0.15, -0.1) is 0 Å². The summed E-state index contributed by atoms with van der Waals surface area (Å²) < 4.78 is 38.6. The topological polar surface area (TPSA) is 53.2 Å². The number of thiol groups is 1. The zero-order valence-corrected chi connectivity index (χ0v) is 16.5. The molecule has 0 bridgehead atoms. The van der Waals surface area contributed by atoms with Gasteiger partial charge in [0, 0.05) is 30.9 Å². The molecule has 0 aromatic heterocycles. The molecule has 3 N–H and O–H groups in total. The number of benzene rings is 1. The Balaban J connectivity index is 1.95. The van der Waals surface area contributed by atoms with Crippen LogP contribution < -0.4 is 16.0 Å². The summed E-state index contributed by atoms with van der Waals surface area (Å²) >= 11 is 4.42. The Morgan fingerprint density at radius 2 is 2.15 bits per heavy atom. The molecule has 1 aliphatic heterocycles. The molecule has 0 spiro atoms. The van der Waals surface area contributed by atoms with Crippen LogP contribution in [0.2, 0.25) is 0 Å². The van der Waals surface area contributed by atoms with Crippen LogP contribution in [-0.2, 0) is 17.5 Å². The van der Waals surface area contributed by atoms with Crippen molar-refractivity contribution in [2.45, 2.75) is 56.7 Å². The summed E-state index contributed by atoms with van der Waals surface area (Å²) in [5.41, 5.74) is -0.179. The molecule has 1 aliphatic rings. The summed E-state index contributed by atoms with van der Waals surface area (Å²) in [4.78, 5) is 12.6. The Labute approximate surface area is 164 Å². The van der Waals surface area contributed by atoms with Gasteiger partial charge in [0.2, 0.25) is 5.91 Å². The van der Waals surface area contributed by atoms with E-state index in [-0.39, 0.29) is 24.4 Å². The van der Waals surface area contributed by atoms with Gasteiger partial charge in [-0.3, -0.25) is 4.79 Å². The van der Waals surface area contributed by atoms with Crippen molar-refractivity contribution in [3.63, 3.8) is 0 Å². The zero-order valence-electron chi connectivity index (χ0n) is 15.6. The van der Waals surface area contributed by atoms with Crippen molar-refractivity contribution in [1.82, 2.24) is 16.0 Å². The molecule has 1 heterocycles. The van der Waals surface area contributed by atoms with E-state index in [1.165, 1.54) is 6.07 Å². The fourth-order valence-corrected chi connectivity index (χ4v) is 3.52. The Hall–Kier alpha value is -1.25. The number of amides is 1. The molecular formula is C19H28F3N3OS. The van der Waals surface area contributed by atoms with Crippen molar-refractivity contribution in [3.8, 4) is 0 Å².